The molecule has 0 bridgehead atoms. The van der Waals surface area contributed by atoms with E-state index in [0.717, 1.165) is 9.37 Å². The summed E-state index contributed by atoms with van der Waals surface area (Å²) < 4.78 is 0.836. The first-order chi connectivity index (χ1) is 8.78. The van der Waals surface area contributed by atoms with Crippen molar-refractivity contribution in [3.05, 3.63) is 24.4 Å². The zero-order valence-corrected chi connectivity index (χ0v) is 11.9. The van der Waals surface area contributed by atoms with E-state index < -0.39 is 0 Å². The number of hydrogen-bond acceptors (Lipinski definition) is 7. The Bertz CT molecular complexity index is 517. The third kappa shape index (κ3) is 3.97. The second-order valence-electron chi connectivity index (χ2n) is 3.08. The molecule has 0 atom stereocenters. The molecule has 0 aromatic carbocycles. The van der Waals surface area contributed by atoms with E-state index in [9.17, 15) is 4.79 Å². The Balaban J connectivity index is 1.82. The van der Waals surface area contributed by atoms with Gasteiger partial charge in [0.25, 0.3) is 0 Å². The minimum absolute atomic E-state index is 0.102. The van der Waals surface area contributed by atoms with Crippen LogP contribution in [0.2, 0.25) is 0 Å². The third-order valence-electron chi connectivity index (χ3n) is 1.82. The maximum absolute atomic E-state index is 11.7. The molecule has 94 valence electrons. The first-order valence-electron chi connectivity index (χ1n) is 4.99. The average molecular weight is 298 g/mol. The lowest BCUT2D eigenvalue weighted by molar-refractivity contribution is -0.113. The summed E-state index contributed by atoms with van der Waals surface area (Å²) >= 11 is 4.26. The highest BCUT2D eigenvalue weighted by Gasteiger charge is 2.08. The first kappa shape index (κ1) is 13.3. The largest absolute Gasteiger partial charge is 0.300 e. The van der Waals surface area contributed by atoms with Crippen molar-refractivity contribution >= 4 is 45.9 Å². The molecular formula is C10H10N4OS3. The quantitative estimate of drug-likeness (QED) is 0.675. The number of nitrogens with one attached hydrogen (secondary N) is 1. The van der Waals surface area contributed by atoms with Gasteiger partial charge in [0.15, 0.2) is 4.34 Å². The number of pyridine rings is 1. The zero-order chi connectivity index (χ0) is 12.8. The highest BCUT2D eigenvalue weighted by Crippen LogP contribution is 2.23. The predicted molar refractivity (Wildman–Crippen MR) is 75.3 cm³/mol. The van der Waals surface area contributed by atoms with E-state index in [1.54, 1.807) is 6.20 Å². The van der Waals surface area contributed by atoms with Gasteiger partial charge in [0, 0.05) is 6.20 Å². The van der Waals surface area contributed by atoms with Gasteiger partial charge in [-0.25, -0.2) is 4.98 Å². The van der Waals surface area contributed by atoms with Crippen molar-refractivity contribution in [2.24, 2.45) is 0 Å². The summed E-state index contributed by atoms with van der Waals surface area (Å²) in [5.41, 5.74) is 0. The molecule has 0 unspecified atom stereocenters. The molecule has 2 rings (SSSR count). The van der Waals surface area contributed by atoms with Crippen molar-refractivity contribution in [3.63, 3.8) is 0 Å². The van der Waals surface area contributed by atoms with Gasteiger partial charge in [-0.2, -0.15) is 0 Å². The van der Waals surface area contributed by atoms with E-state index in [1.165, 1.54) is 34.9 Å². The molecule has 2 aromatic heterocycles. The standard InChI is InChI=1S/C10H10N4OS3/c1-16-10-14-13-9(18-10)12-7(15)6-17-8-4-2-3-5-11-8/h2-5H,6H2,1H3,(H,12,13,15). The second kappa shape index (κ2) is 6.72. The van der Waals surface area contributed by atoms with Gasteiger partial charge < -0.3 is 0 Å². The Kier molecular flexibility index (Phi) is 4.97. The highest BCUT2D eigenvalue weighted by atomic mass is 32.2. The van der Waals surface area contributed by atoms with E-state index in [1.807, 2.05) is 24.5 Å². The number of aromatic nitrogens is 3. The smallest absolute Gasteiger partial charge is 0.236 e. The zero-order valence-electron chi connectivity index (χ0n) is 9.49. The first-order valence-corrected chi connectivity index (χ1v) is 8.02. The van der Waals surface area contributed by atoms with Gasteiger partial charge >= 0.3 is 0 Å². The molecular weight excluding hydrogens is 288 g/mol. The van der Waals surface area contributed by atoms with E-state index in [0.29, 0.717) is 10.9 Å². The van der Waals surface area contributed by atoms with E-state index in [4.69, 9.17) is 0 Å². The Morgan fingerprint density at radius 1 is 1.44 bits per heavy atom. The monoisotopic (exact) mass is 298 g/mol. The number of anilines is 1. The van der Waals surface area contributed by atoms with Gasteiger partial charge in [0.05, 0.1) is 10.8 Å². The normalized spacial score (nSPS) is 10.3. The summed E-state index contributed by atoms with van der Waals surface area (Å²) in [5.74, 6) is 0.208. The SMILES string of the molecule is CSc1nnc(NC(=O)CSc2ccccn2)s1. The van der Waals surface area contributed by atoms with Crippen LogP contribution >= 0.6 is 34.9 Å². The Hall–Kier alpha value is -1.12. The van der Waals surface area contributed by atoms with Crippen LogP contribution in [-0.2, 0) is 4.79 Å². The molecule has 0 saturated heterocycles. The van der Waals surface area contributed by atoms with Gasteiger partial charge in [0.1, 0.15) is 0 Å². The van der Waals surface area contributed by atoms with Crippen LogP contribution in [-0.4, -0.2) is 33.1 Å². The van der Waals surface area contributed by atoms with Crippen LogP contribution < -0.4 is 5.32 Å². The van der Waals surface area contributed by atoms with Crippen molar-refractivity contribution < 1.29 is 4.79 Å². The fraction of sp³-hybridized carbons (Fsp3) is 0.200. The fourth-order valence-corrected chi connectivity index (χ4v) is 2.92. The van der Waals surface area contributed by atoms with Crippen molar-refractivity contribution in [2.45, 2.75) is 9.37 Å². The molecule has 18 heavy (non-hydrogen) atoms. The summed E-state index contributed by atoms with van der Waals surface area (Å²) in [6, 6.07) is 5.60. The van der Waals surface area contributed by atoms with Crippen LogP contribution in [0.15, 0.2) is 33.8 Å². The Morgan fingerprint density at radius 3 is 3.00 bits per heavy atom. The minimum atomic E-state index is -0.102. The van der Waals surface area contributed by atoms with Crippen LogP contribution in [0, 0.1) is 0 Å². The summed E-state index contributed by atoms with van der Waals surface area (Å²) in [6.07, 6.45) is 3.62. The number of carbonyl (C=O) groups excluding carboxylic acids is 1. The lowest BCUT2D eigenvalue weighted by Crippen LogP contribution is -2.13. The Morgan fingerprint density at radius 2 is 2.33 bits per heavy atom. The number of thioether (sulfide) groups is 2. The summed E-state index contributed by atoms with van der Waals surface area (Å²) in [5, 5.41) is 11.8. The molecule has 0 spiro atoms. The van der Waals surface area contributed by atoms with E-state index in [2.05, 4.69) is 20.5 Å². The van der Waals surface area contributed by atoms with Gasteiger partial charge in [-0.3, -0.25) is 10.1 Å². The van der Waals surface area contributed by atoms with Crippen LogP contribution in [0.25, 0.3) is 0 Å². The number of hydrogen-bond donors (Lipinski definition) is 1. The Labute approximate surface area is 117 Å². The van der Waals surface area contributed by atoms with Crippen LogP contribution in [0.1, 0.15) is 0 Å². The number of carbonyl (C=O) groups is 1. The lowest BCUT2D eigenvalue weighted by Gasteiger charge is -2.00. The molecule has 1 N–H and O–H groups in total. The molecule has 0 aliphatic carbocycles. The van der Waals surface area contributed by atoms with Crippen LogP contribution in [0.3, 0.4) is 0 Å². The van der Waals surface area contributed by atoms with Gasteiger partial charge in [-0.1, -0.05) is 40.9 Å². The molecule has 2 aromatic rings. The lowest BCUT2D eigenvalue weighted by atomic mass is 10.5. The van der Waals surface area contributed by atoms with Crippen LogP contribution in [0.4, 0.5) is 5.13 Å². The van der Waals surface area contributed by atoms with Crippen LogP contribution in [0.5, 0.6) is 0 Å². The molecule has 0 aliphatic rings. The average Bonchev–Trinajstić information content (AvgIpc) is 2.85. The van der Waals surface area contributed by atoms with Gasteiger partial charge in [0.2, 0.25) is 11.0 Å². The second-order valence-corrected chi connectivity index (χ2v) is 6.11. The van der Waals surface area contributed by atoms with E-state index in [-0.39, 0.29) is 5.91 Å². The molecule has 2 heterocycles. The third-order valence-corrected chi connectivity index (χ3v) is 4.57. The molecule has 0 radical (unpaired) electrons. The summed E-state index contributed by atoms with van der Waals surface area (Å²) in [4.78, 5) is 15.8. The topological polar surface area (TPSA) is 67.8 Å². The van der Waals surface area contributed by atoms with Crippen molar-refractivity contribution in [3.8, 4) is 0 Å². The number of nitrogens with zero attached hydrogens (tertiary/aromatic N) is 3. The van der Waals surface area contributed by atoms with Crippen molar-refractivity contribution in [1.29, 1.82) is 0 Å². The number of rotatable bonds is 5. The van der Waals surface area contributed by atoms with Crippen molar-refractivity contribution in [1.82, 2.24) is 15.2 Å². The van der Waals surface area contributed by atoms with E-state index >= 15 is 0 Å². The molecule has 0 fully saturated rings. The summed E-state index contributed by atoms with van der Waals surface area (Å²) in [6.45, 7) is 0. The van der Waals surface area contributed by atoms with Crippen molar-refractivity contribution in [2.75, 3.05) is 17.3 Å². The molecule has 0 saturated carbocycles. The molecule has 1 amide bonds. The molecule has 5 nitrogen and oxygen atoms in total. The molecule has 0 aliphatic heterocycles. The van der Waals surface area contributed by atoms with Gasteiger partial charge in [-0.15, -0.1) is 10.2 Å². The van der Waals surface area contributed by atoms with Gasteiger partial charge in [-0.05, 0) is 18.4 Å². The summed E-state index contributed by atoms with van der Waals surface area (Å²) in [7, 11) is 0. The fourth-order valence-electron chi connectivity index (χ4n) is 1.07. The highest BCUT2D eigenvalue weighted by molar-refractivity contribution is 8.00. The number of amides is 1. The molecule has 8 heteroatoms. The minimum Gasteiger partial charge on any atom is -0.300 e. The maximum Gasteiger partial charge on any atom is 0.236 e. The maximum atomic E-state index is 11.7. The predicted octanol–water partition coefficient (Wildman–Crippen LogP) is 2.39.